The molecule has 0 saturated carbocycles. The van der Waals surface area contributed by atoms with Crippen molar-refractivity contribution in [2.24, 2.45) is 0 Å². The van der Waals surface area contributed by atoms with Crippen molar-refractivity contribution in [3.05, 3.63) is 41.8 Å². The summed E-state index contributed by atoms with van der Waals surface area (Å²) in [5.41, 5.74) is 1.45. The van der Waals surface area contributed by atoms with E-state index in [9.17, 15) is 0 Å². The summed E-state index contributed by atoms with van der Waals surface area (Å²) in [5.74, 6) is 0.520. The van der Waals surface area contributed by atoms with Crippen molar-refractivity contribution in [1.29, 1.82) is 5.26 Å². The van der Waals surface area contributed by atoms with E-state index in [0.29, 0.717) is 18.1 Å². The standard InChI is InChI=1S/C12H14N2O/c1-3-15-12(10(2)9-13)14-11-7-5-4-6-8-11/h4-8,14H,3H2,1-2H3/b12-10-. The van der Waals surface area contributed by atoms with Crippen LogP contribution in [0.25, 0.3) is 0 Å². The molecule has 78 valence electrons. The molecule has 0 aliphatic carbocycles. The normalized spacial score (nSPS) is 11.3. The second-order valence-electron chi connectivity index (χ2n) is 2.99. The van der Waals surface area contributed by atoms with E-state index in [0.717, 1.165) is 5.69 Å². The summed E-state index contributed by atoms with van der Waals surface area (Å²) in [4.78, 5) is 0. The third-order valence-corrected chi connectivity index (χ3v) is 1.83. The van der Waals surface area contributed by atoms with E-state index in [2.05, 4.69) is 11.4 Å². The highest BCUT2D eigenvalue weighted by Crippen LogP contribution is 2.12. The molecule has 0 saturated heterocycles. The SMILES string of the molecule is CCO/C(Nc1ccccc1)=C(/C)C#N. The summed E-state index contributed by atoms with van der Waals surface area (Å²) in [6, 6.07) is 11.7. The van der Waals surface area contributed by atoms with E-state index < -0.39 is 0 Å². The molecule has 0 aliphatic rings. The van der Waals surface area contributed by atoms with E-state index in [1.165, 1.54) is 0 Å². The summed E-state index contributed by atoms with van der Waals surface area (Å²) < 4.78 is 5.34. The zero-order valence-corrected chi connectivity index (χ0v) is 8.95. The molecular formula is C12H14N2O. The second kappa shape index (κ2) is 5.71. The van der Waals surface area contributed by atoms with Gasteiger partial charge in [-0.05, 0) is 26.0 Å². The van der Waals surface area contributed by atoms with Crippen LogP contribution in [0.2, 0.25) is 0 Å². The number of para-hydroxylation sites is 1. The molecule has 0 unspecified atom stereocenters. The Balaban J connectivity index is 2.82. The van der Waals surface area contributed by atoms with Gasteiger partial charge in [0.05, 0.1) is 18.2 Å². The monoisotopic (exact) mass is 202 g/mol. The van der Waals surface area contributed by atoms with Crippen LogP contribution < -0.4 is 5.32 Å². The average Bonchev–Trinajstić information content (AvgIpc) is 2.29. The first-order chi connectivity index (χ1) is 7.27. The maximum atomic E-state index is 8.78. The maximum Gasteiger partial charge on any atom is 0.204 e. The summed E-state index contributed by atoms with van der Waals surface area (Å²) in [7, 11) is 0. The van der Waals surface area contributed by atoms with Gasteiger partial charge >= 0.3 is 0 Å². The Labute approximate surface area is 90.0 Å². The van der Waals surface area contributed by atoms with E-state index in [4.69, 9.17) is 10.00 Å². The second-order valence-corrected chi connectivity index (χ2v) is 2.99. The highest BCUT2D eigenvalue weighted by Gasteiger charge is 2.02. The van der Waals surface area contributed by atoms with Gasteiger partial charge < -0.3 is 10.1 Å². The highest BCUT2D eigenvalue weighted by molar-refractivity contribution is 5.48. The number of hydrogen-bond donors (Lipinski definition) is 1. The maximum absolute atomic E-state index is 8.78. The quantitative estimate of drug-likeness (QED) is 0.603. The topological polar surface area (TPSA) is 45.0 Å². The molecule has 0 aromatic heterocycles. The summed E-state index contributed by atoms with van der Waals surface area (Å²) in [6.45, 7) is 4.15. The molecule has 0 amide bonds. The van der Waals surface area contributed by atoms with Gasteiger partial charge in [0.25, 0.3) is 0 Å². The van der Waals surface area contributed by atoms with Gasteiger partial charge in [0, 0.05) is 5.69 Å². The van der Waals surface area contributed by atoms with Gasteiger partial charge in [0.2, 0.25) is 5.88 Å². The molecule has 0 aliphatic heterocycles. The number of nitrogens with one attached hydrogen (secondary N) is 1. The first-order valence-corrected chi connectivity index (χ1v) is 4.83. The molecule has 1 aromatic rings. The van der Waals surface area contributed by atoms with Crippen LogP contribution in [0, 0.1) is 11.3 Å². The molecule has 0 spiro atoms. The number of hydrogen-bond acceptors (Lipinski definition) is 3. The minimum absolute atomic E-state index is 0.520. The first kappa shape index (κ1) is 11.1. The van der Waals surface area contributed by atoms with E-state index in [1.807, 2.05) is 37.3 Å². The molecule has 15 heavy (non-hydrogen) atoms. The molecule has 0 radical (unpaired) electrons. The molecule has 0 atom stereocenters. The van der Waals surface area contributed by atoms with Gasteiger partial charge in [0.15, 0.2) is 0 Å². The van der Waals surface area contributed by atoms with Gasteiger partial charge in [0.1, 0.15) is 0 Å². The Morgan fingerprint density at radius 1 is 1.40 bits per heavy atom. The molecule has 1 aromatic carbocycles. The van der Waals surface area contributed by atoms with E-state index in [1.54, 1.807) is 6.92 Å². The molecule has 1 rings (SSSR count). The van der Waals surface area contributed by atoms with Crippen molar-refractivity contribution in [1.82, 2.24) is 0 Å². The predicted octanol–water partition coefficient (Wildman–Crippen LogP) is 2.89. The molecule has 0 heterocycles. The van der Waals surface area contributed by atoms with E-state index in [-0.39, 0.29) is 0 Å². The molecule has 0 fully saturated rings. The number of nitriles is 1. The zero-order chi connectivity index (χ0) is 11.1. The lowest BCUT2D eigenvalue weighted by molar-refractivity contribution is 0.232. The number of allylic oxidation sites excluding steroid dienone is 1. The summed E-state index contributed by atoms with van der Waals surface area (Å²) in [5, 5.41) is 11.8. The largest absolute Gasteiger partial charge is 0.479 e. The Kier molecular flexibility index (Phi) is 4.24. The average molecular weight is 202 g/mol. The van der Waals surface area contributed by atoms with Crippen LogP contribution >= 0.6 is 0 Å². The number of anilines is 1. The Bertz CT molecular complexity index is 376. The molecule has 0 bridgehead atoms. The minimum atomic E-state index is 0.520. The fourth-order valence-electron chi connectivity index (χ4n) is 1.09. The van der Waals surface area contributed by atoms with Crippen molar-refractivity contribution in [2.75, 3.05) is 11.9 Å². The van der Waals surface area contributed by atoms with Gasteiger partial charge in [-0.15, -0.1) is 0 Å². The van der Waals surface area contributed by atoms with Crippen LogP contribution in [-0.4, -0.2) is 6.61 Å². The third-order valence-electron chi connectivity index (χ3n) is 1.83. The Morgan fingerprint density at radius 3 is 2.60 bits per heavy atom. The van der Waals surface area contributed by atoms with Gasteiger partial charge in [-0.25, -0.2) is 0 Å². The third kappa shape index (κ3) is 3.35. The lowest BCUT2D eigenvalue weighted by Gasteiger charge is -2.11. The highest BCUT2D eigenvalue weighted by atomic mass is 16.5. The van der Waals surface area contributed by atoms with Crippen molar-refractivity contribution in [3.63, 3.8) is 0 Å². The number of ether oxygens (including phenoxy) is 1. The molecule has 3 nitrogen and oxygen atoms in total. The lowest BCUT2D eigenvalue weighted by atomic mass is 10.3. The summed E-state index contributed by atoms with van der Waals surface area (Å²) >= 11 is 0. The Hall–Kier alpha value is -1.95. The molecule has 3 heteroatoms. The fraction of sp³-hybridized carbons (Fsp3) is 0.250. The van der Waals surface area contributed by atoms with Crippen molar-refractivity contribution in [3.8, 4) is 6.07 Å². The van der Waals surface area contributed by atoms with Crippen molar-refractivity contribution in [2.45, 2.75) is 13.8 Å². The number of benzene rings is 1. The van der Waals surface area contributed by atoms with Crippen LogP contribution in [0.5, 0.6) is 0 Å². The van der Waals surface area contributed by atoms with Gasteiger partial charge in [-0.1, -0.05) is 18.2 Å². The van der Waals surface area contributed by atoms with E-state index >= 15 is 0 Å². The van der Waals surface area contributed by atoms with Crippen LogP contribution in [0.3, 0.4) is 0 Å². The first-order valence-electron chi connectivity index (χ1n) is 4.83. The van der Waals surface area contributed by atoms with Crippen molar-refractivity contribution >= 4 is 5.69 Å². The van der Waals surface area contributed by atoms with Crippen LogP contribution in [0.1, 0.15) is 13.8 Å². The fourth-order valence-corrected chi connectivity index (χ4v) is 1.09. The number of rotatable bonds is 4. The minimum Gasteiger partial charge on any atom is -0.479 e. The van der Waals surface area contributed by atoms with Gasteiger partial charge in [-0.2, -0.15) is 5.26 Å². The van der Waals surface area contributed by atoms with Crippen LogP contribution in [0.4, 0.5) is 5.69 Å². The van der Waals surface area contributed by atoms with Crippen LogP contribution in [-0.2, 0) is 4.74 Å². The summed E-state index contributed by atoms with van der Waals surface area (Å²) in [6.07, 6.45) is 0. The smallest absolute Gasteiger partial charge is 0.204 e. The van der Waals surface area contributed by atoms with Gasteiger partial charge in [-0.3, -0.25) is 0 Å². The lowest BCUT2D eigenvalue weighted by Crippen LogP contribution is -2.06. The molecular weight excluding hydrogens is 188 g/mol. The molecule has 1 N–H and O–H groups in total. The number of nitrogens with zero attached hydrogens (tertiary/aromatic N) is 1. The zero-order valence-electron chi connectivity index (χ0n) is 8.95. The predicted molar refractivity (Wildman–Crippen MR) is 60.0 cm³/mol. The van der Waals surface area contributed by atoms with Crippen LogP contribution in [0.15, 0.2) is 41.8 Å². The Morgan fingerprint density at radius 2 is 2.07 bits per heavy atom. The van der Waals surface area contributed by atoms with Crippen molar-refractivity contribution < 1.29 is 4.74 Å².